The number of hydrogen-bond donors (Lipinski definition) is 3. The number of β-amino-alcohol motifs (C(OH)–C–C–N with tert-alkyl or cyclic N) is 3. The molecule has 15 nitrogen and oxygen atoms in total. The third-order valence-electron chi connectivity index (χ3n) is 6.23. The minimum absolute atomic E-state index is 0. The van der Waals surface area contributed by atoms with Gasteiger partial charge in [0, 0.05) is 0 Å². The lowest BCUT2D eigenvalue weighted by Gasteiger charge is -2.23. The Morgan fingerprint density at radius 2 is 0.717 bits per heavy atom. The van der Waals surface area contributed by atoms with Crippen LogP contribution < -0.4 is 0 Å². The molecule has 3 saturated heterocycles. The highest BCUT2D eigenvalue weighted by Gasteiger charge is 2.42. The fourth-order valence-corrected chi connectivity index (χ4v) is 4.12. The van der Waals surface area contributed by atoms with Gasteiger partial charge in [0.1, 0.15) is 54.7 Å². The second-order valence-electron chi connectivity index (χ2n) is 13.9. The summed E-state index contributed by atoms with van der Waals surface area (Å²) in [5.74, 6) is 0. The van der Waals surface area contributed by atoms with Crippen LogP contribution in [0.15, 0.2) is 0 Å². The first-order valence-corrected chi connectivity index (χ1v) is 14.6. The maximum atomic E-state index is 11.6. The van der Waals surface area contributed by atoms with E-state index in [9.17, 15) is 29.7 Å². The van der Waals surface area contributed by atoms with Gasteiger partial charge < -0.3 is 44.1 Å². The summed E-state index contributed by atoms with van der Waals surface area (Å²) in [7, 11) is 0. The highest BCUT2D eigenvalue weighted by molar-refractivity contribution is 5.69. The van der Waals surface area contributed by atoms with Gasteiger partial charge in [0.25, 0.3) is 18.1 Å². The average Bonchev–Trinajstić information content (AvgIpc) is 3.57. The number of carbonyl (C=O) groups excluding carboxylic acids is 3. The molecule has 3 fully saturated rings. The summed E-state index contributed by atoms with van der Waals surface area (Å²) in [5.41, 5.74) is -1.63. The van der Waals surface area contributed by atoms with Crippen molar-refractivity contribution in [2.24, 2.45) is 0 Å². The van der Waals surface area contributed by atoms with E-state index in [-0.39, 0.29) is 46.7 Å². The van der Waals surface area contributed by atoms with Crippen LogP contribution in [0.25, 0.3) is 14.5 Å². The molecule has 0 radical (unpaired) electrons. The maximum absolute atomic E-state index is 11.6. The number of aliphatic hydroxyl groups is 3. The fourth-order valence-electron chi connectivity index (χ4n) is 4.12. The van der Waals surface area contributed by atoms with Gasteiger partial charge in [0.15, 0.2) is 0 Å². The van der Waals surface area contributed by atoms with E-state index in [2.05, 4.69) is 14.5 Å². The average molecular weight is 653 g/mol. The normalized spacial score (nSPS) is 25.6. The Bertz CT molecular complexity index is 1010. The number of rotatable bonds is 0. The third-order valence-corrected chi connectivity index (χ3v) is 6.23. The van der Waals surface area contributed by atoms with Crippen molar-refractivity contribution in [2.45, 2.75) is 123 Å². The monoisotopic (exact) mass is 652 g/mol. The van der Waals surface area contributed by atoms with Crippen LogP contribution in [0.4, 0.5) is 14.4 Å². The van der Waals surface area contributed by atoms with Gasteiger partial charge in [-0.05, 0) is 62.3 Å². The second kappa shape index (κ2) is 17.2. The summed E-state index contributed by atoms with van der Waals surface area (Å²) in [6.07, 6.45) is -3.66. The molecule has 3 rings (SSSR count). The minimum atomic E-state index is -0.755. The fraction of sp³-hybridized carbons (Fsp3) is 0.806. The quantitative estimate of drug-likeness (QED) is 0.263. The Kier molecular flexibility index (Phi) is 15.7. The molecule has 3 heterocycles. The number of amides is 3. The van der Waals surface area contributed by atoms with Gasteiger partial charge in [0.05, 0.1) is 19.6 Å². The Morgan fingerprint density at radius 3 is 0.848 bits per heavy atom. The van der Waals surface area contributed by atoms with E-state index in [1.54, 1.807) is 62.3 Å². The van der Waals surface area contributed by atoms with Crippen molar-refractivity contribution < 1.29 is 43.9 Å². The van der Waals surface area contributed by atoms with E-state index in [1.807, 2.05) is 0 Å². The first kappa shape index (κ1) is 42.2. The lowest BCUT2D eigenvalue weighted by Crippen LogP contribution is -2.35. The van der Waals surface area contributed by atoms with E-state index < -0.39 is 71.5 Å². The molecule has 0 spiro atoms. The van der Waals surface area contributed by atoms with Crippen LogP contribution in [-0.2, 0) is 14.2 Å². The Balaban J connectivity index is 0.000000653. The van der Waals surface area contributed by atoms with Gasteiger partial charge in [0.2, 0.25) is 0 Å². The van der Waals surface area contributed by atoms with Crippen LogP contribution in [0, 0.1) is 19.7 Å². The first-order chi connectivity index (χ1) is 20.5. The highest BCUT2D eigenvalue weighted by atomic mass is 16.6. The molecule has 6 atom stereocenters. The van der Waals surface area contributed by atoms with Gasteiger partial charge in [-0.2, -0.15) is 0 Å². The highest BCUT2D eigenvalue weighted by Crippen LogP contribution is 2.20. The molecule has 15 heteroatoms. The van der Waals surface area contributed by atoms with Gasteiger partial charge in [-0.1, -0.05) is 7.43 Å². The van der Waals surface area contributed by atoms with Crippen molar-refractivity contribution in [1.29, 1.82) is 0 Å². The SMILES string of the molecule is C.[C-]#[N+]C1CN(C(=O)OC(C)(C)C)CC1O.[C-]#[N+]C1CN(C(=O)OC(C)(C)C)CC1O.[C-]#[N+]C1CN(C(=O)OC(C)(C)C)CC1O. The maximum Gasteiger partial charge on any atom is 0.410 e. The topological polar surface area (TPSA) is 162 Å². The lowest BCUT2D eigenvalue weighted by atomic mass is 10.2. The standard InChI is InChI=1S/3C10H16N2O3.CH4/c3*1-10(2,3)15-9(14)12-5-7(11-4)8(13)6-12;/h3*7-8,13H,5-6H2,1-3H3;1H4. The van der Waals surface area contributed by atoms with Crippen molar-refractivity contribution in [3.05, 3.63) is 34.3 Å². The van der Waals surface area contributed by atoms with Gasteiger partial charge in [-0.3, -0.25) is 14.7 Å². The second-order valence-corrected chi connectivity index (χ2v) is 13.9. The van der Waals surface area contributed by atoms with E-state index in [0.717, 1.165) is 0 Å². The Morgan fingerprint density at radius 1 is 0.522 bits per heavy atom. The molecule has 6 unspecified atom stereocenters. The summed E-state index contributed by atoms with van der Waals surface area (Å²) in [6, 6.07) is -1.55. The van der Waals surface area contributed by atoms with Crippen LogP contribution >= 0.6 is 0 Å². The zero-order valence-electron chi connectivity index (χ0n) is 27.7. The Labute approximate surface area is 273 Å². The van der Waals surface area contributed by atoms with E-state index >= 15 is 0 Å². The molecular weight excluding hydrogens is 600 g/mol. The summed E-state index contributed by atoms with van der Waals surface area (Å²) >= 11 is 0. The number of carbonyl (C=O) groups is 3. The lowest BCUT2D eigenvalue weighted by molar-refractivity contribution is 0.0261. The molecule has 0 bridgehead atoms. The summed E-state index contributed by atoms with van der Waals surface area (Å²) in [4.78, 5) is 48.5. The number of aliphatic hydroxyl groups excluding tert-OH is 3. The first-order valence-electron chi connectivity index (χ1n) is 14.6. The molecule has 0 aliphatic carbocycles. The molecule has 3 aliphatic heterocycles. The zero-order chi connectivity index (χ0) is 34.9. The van der Waals surface area contributed by atoms with E-state index in [4.69, 9.17) is 33.9 Å². The molecule has 0 saturated carbocycles. The van der Waals surface area contributed by atoms with Gasteiger partial charge in [-0.15, -0.1) is 0 Å². The Hall–Kier alpha value is -3.84. The summed E-state index contributed by atoms with van der Waals surface area (Å²) in [5, 5.41) is 28.3. The molecule has 0 aromatic carbocycles. The largest absolute Gasteiger partial charge is 0.444 e. The third kappa shape index (κ3) is 14.5. The molecule has 260 valence electrons. The van der Waals surface area contributed by atoms with Crippen LogP contribution in [-0.4, -0.2) is 141 Å². The number of hydrogen-bond acceptors (Lipinski definition) is 9. The van der Waals surface area contributed by atoms with E-state index in [0.29, 0.717) is 0 Å². The van der Waals surface area contributed by atoms with Gasteiger partial charge in [-0.25, -0.2) is 34.1 Å². The van der Waals surface area contributed by atoms with Crippen molar-refractivity contribution in [3.8, 4) is 0 Å². The number of ether oxygens (including phenoxy) is 3. The van der Waals surface area contributed by atoms with Crippen LogP contribution in [0.5, 0.6) is 0 Å². The van der Waals surface area contributed by atoms with Crippen molar-refractivity contribution >= 4 is 18.3 Å². The summed E-state index contributed by atoms with van der Waals surface area (Å²) in [6.45, 7) is 37.8. The van der Waals surface area contributed by atoms with Crippen molar-refractivity contribution in [2.75, 3.05) is 39.3 Å². The van der Waals surface area contributed by atoms with E-state index in [1.165, 1.54) is 14.7 Å². The molecule has 3 amide bonds. The molecule has 0 aromatic rings. The molecule has 3 aliphatic rings. The minimum Gasteiger partial charge on any atom is -0.444 e. The summed E-state index contributed by atoms with van der Waals surface area (Å²) < 4.78 is 15.4. The number of likely N-dealkylation sites (tertiary alicyclic amines) is 3. The van der Waals surface area contributed by atoms with Crippen LogP contribution in [0.2, 0.25) is 0 Å². The molecule has 46 heavy (non-hydrogen) atoms. The van der Waals surface area contributed by atoms with Crippen molar-refractivity contribution in [1.82, 2.24) is 14.7 Å². The van der Waals surface area contributed by atoms with Crippen LogP contribution in [0.3, 0.4) is 0 Å². The van der Waals surface area contributed by atoms with Crippen LogP contribution in [0.1, 0.15) is 69.7 Å². The van der Waals surface area contributed by atoms with Crippen molar-refractivity contribution in [3.63, 3.8) is 0 Å². The zero-order valence-corrected chi connectivity index (χ0v) is 27.7. The predicted octanol–water partition coefficient (Wildman–Crippen LogP) is 3.29. The smallest absolute Gasteiger partial charge is 0.410 e. The molecule has 3 N–H and O–H groups in total. The number of nitrogens with zero attached hydrogens (tertiary/aromatic N) is 6. The predicted molar refractivity (Wildman–Crippen MR) is 169 cm³/mol. The molecule has 0 aromatic heterocycles. The molecular formula is C31H52N6O9. The van der Waals surface area contributed by atoms with Gasteiger partial charge >= 0.3 is 18.3 Å².